The molecule has 2 rings (SSSR count). The van der Waals surface area contributed by atoms with Gasteiger partial charge in [0.2, 0.25) is 0 Å². The number of hydrogen-bond acceptors (Lipinski definition) is 5. The Bertz CT molecular complexity index is 717. The summed E-state index contributed by atoms with van der Waals surface area (Å²) in [5, 5.41) is 17.2. The molecule has 0 aliphatic carbocycles. The van der Waals surface area contributed by atoms with Crippen molar-refractivity contribution in [2.45, 2.75) is 27.7 Å². The molecule has 0 bridgehead atoms. The molecule has 1 aromatic heterocycles. The molecule has 0 aliphatic rings. The van der Waals surface area contributed by atoms with Crippen LogP contribution < -0.4 is 10.5 Å². The first kappa shape index (κ1) is 13.8. The van der Waals surface area contributed by atoms with E-state index < -0.39 is 0 Å². The maximum Gasteiger partial charge on any atom is 0.257 e. The highest BCUT2D eigenvalue weighted by Gasteiger charge is 2.14. The van der Waals surface area contributed by atoms with Crippen molar-refractivity contribution >= 4 is 5.69 Å². The van der Waals surface area contributed by atoms with Crippen LogP contribution in [-0.2, 0) is 0 Å². The van der Waals surface area contributed by atoms with Gasteiger partial charge in [-0.15, -0.1) is 5.10 Å². The fraction of sp³-hybridized carbons (Fsp3) is 0.267. The van der Waals surface area contributed by atoms with E-state index in [0.29, 0.717) is 22.7 Å². The fourth-order valence-electron chi connectivity index (χ4n) is 1.85. The number of ether oxygens (including phenoxy) is 1. The third kappa shape index (κ3) is 2.41. The smallest absolute Gasteiger partial charge is 0.257 e. The topological polar surface area (TPSA) is 84.8 Å². The van der Waals surface area contributed by atoms with E-state index in [1.807, 2.05) is 33.8 Å². The Labute approximate surface area is 118 Å². The minimum atomic E-state index is 0.210. The second-order valence-corrected chi connectivity index (χ2v) is 4.78. The Morgan fingerprint density at radius 1 is 1.10 bits per heavy atom. The first-order valence-electron chi connectivity index (χ1n) is 6.22. The molecule has 2 N–H and O–H groups in total. The van der Waals surface area contributed by atoms with Crippen LogP contribution in [0.4, 0.5) is 5.69 Å². The average molecular weight is 268 g/mol. The lowest BCUT2D eigenvalue weighted by molar-refractivity contribution is 0.448. The molecular weight excluding hydrogens is 252 g/mol. The number of benzene rings is 1. The van der Waals surface area contributed by atoms with E-state index >= 15 is 0 Å². The Morgan fingerprint density at radius 3 is 2.45 bits per heavy atom. The second-order valence-electron chi connectivity index (χ2n) is 4.78. The Balaban J connectivity index is 2.49. The molecule has 0 amide bonds. The van der Waals surface area contributed by atoms with Crippen LogP contribution in [0.2, 0.25) is 0 Å². The first-order chi connectivity index (χ1) is 9.43. The van der Waals surface area contributed by atoms with Gasteiger partial charge in [-0.25, -0.2) is 0 Å². The van der Waals surface area contributed by atoms with Crippen molar-refractivity contribution in [2.75, 3.05) is 5.73 Å². The Kier molecular flexibility index (Phi) is 3.57. The van der Waals surface area contributed by atoms with Crippen LogP contribution in [0, 0.1) is 39.0 Å². The minimum Gasteiger partial charge on any atom is -0.436 e. The Hall–Kier alpha value is -2.61. The summed E-state index contributed by atoms with van der Waals surface area (Å²) in [7, 11) is 0. The number of hydrogen-bond donors (Lipinski definition) is 1. The van der Waals surface area contributed by atoms with Gasteiger partial charge in [-0.05, 0) is 44.4 Å². The van der Waals surface area contributed by atoms with Gasteiger partial charge in [0.15, 0.2) is 0 Å². The fourth-order valence-corrected chi connectivity index (χ4v) is 1.85. The van der Waals surface area contributed by atoms with Crippen LogP contribution in [0.15, 0.2) is 12.1 Å². The van der Waals surface area contributed by atoms with E-state index in [1.165, 1.54) is 0 Å². The molecule has 1 heterocycles. The third-order valence-electron chi connectivity index (χ3n) is 3.30. The zero-order valence-corrected chi connectivity index (χ0v) is 12.0. The molecule has 5 nitrogen and oxygen atoms in total. The van der Waals surface area contributed by atoms with Crippen LogP contribution in [0.1, 0.15) is 27.9 Å². The van der Waals surface area contributed by atoms with Crippen molar-refractivity contribution in [3.63, 3.8) is 0 Å². The monoisotopic (exact) mass is 268 g/mol. The van der Waals surface area contributed by atoms with Gasteiger partial charge < -0.3 is 10.5 Å². The highest BCUT2D eigenvalue weighted by molar-refractivity contribution is 5.55. The highest BCUT2D eigenvalue weighted by atomic mass is 16.5. The van der Waals surface area contributed by atoms with E-state index in [2.05, 4.69) is 16.3 Å². The van der Waals surface area contributed by atoms with Crippen LogP contribution in [0.25, 0.3) is 0 Å². The summed E-state index contributed by atoms with van der Waals surface area (Å²) in [6.45, 7) is 7.48. The zero-order chi connectivity index (χ0) is 14.9. The quantitative estimate of drug-likeness (QED) is 0.846. The van der Waals surface area contributed by atoms with E-state index in [4.69, 9.17) is 10.5 Å². The summed E-state index contributed by atoms with van der Waals surface area (Å²) in [6, 6.07) is 5.79. The van der Waals surface area contributed by atoms with Gasteiger partial charge in [-0.1, -0.05) is 6.07 Å². The summed E-state index contributed by atoms with van der Waals surface area (Å²) in [5.41, 5.74) is 10.3. The maximum absolute atomic E-state index is 9.25. The van der Waals surface area contributed by atoms with Gasteiger partial charge in [0.1, 0.15) is 17.4 Å². The van der Waals surface area contributed by atoms with Gasteiger partial charge in [-0.3, -0.25) is 0 Å². The standard InChI is InChI=1S/C15H16N4O/c1-8-5-9(2)14(6-13(8)17)20-15-12(7-16)10(3)11(4)18-19-15/h5-6H,17H2,1-4H3. The molecular formula is C15H16N4O. The first-order valence-corrected chi connectivity index (χ1v) is 6.22. The molecule has 0 fully saturated rings. The predicted molar refractivity (Wildman–Crippen MR) is 76.6 cm³/mol. The largest absolute Gasteiger partial charge is 0.436 e. The molecule has 0 saturated heterocycles. The van der Waals surface area contributed by atoms with Crippen molar-refractivity contribution in [3.8, 4) is 17.7 Å². The number of nitrogens with zero attached hydrogens (tertiary/aromatic N) is 3. The van der Waals surface area contributed by atoms with Gasteiger partial charge in [0, 0.05) is 11.8 Å². The average Bonchev–Trinajstić information content (AvgIpc) is 2.40. The number of nitrogens with two attached hydrogens (primary N) is 1. The molecule has 0 atom stereocenters. The molecule has 2 aromatic rings. The van der Waals surface area contributed by atoms with E-state index in [-0.39, 0.29) is 5.88 Å². The van der Waals surface area contributed by atoms with Crippen LogP contribution in [0.3, 0.4) is 0 Å². The minimum absolute atomic E-state index is 0.210. The predicted octanol–water partition coefficient (Wildman–Crippen LogP) is 2.96. The highest BCUT2D eigenvalue weighted by Crippen LogP contribution is 2.30. The molecule has 20 heavy (non-hydrogen) atoms. The van der Waals surface area contributed by atoms with Crippen LogP contribution in [-0.4, -0.2) is 10.2 Å². The zero-order valence-electron chi connectivity index (χ0n) is 12.0. The SMILES string of the molecule is Cc1cc(C)c(Oc2nnc(C)c(C)c2C#N)cc1N. The molecule has 1 aromatic carbocycles. The van der Waals surface area contributed by atoms with Crippen molar-refractivity contribution in [3.05, 3.63) is 40.1 Å². The van der Waals surface area contributed by atoms with Crippen molar-refractivity contribution in [1.82, 2.24) is 10.2 Å². The van der Waals surface area contributed by atoms with Gasteiger partial charge in [-0.2, -0.15) is 10.4 Å². The molecule has 0 aliphatic heterocycles. The lowest BCUT2D eigenvalue weighted by Crippen LogP contribution is -2.02. The Morgan fingerprint density at radius 2 is 1.80 bits per heavy atom. The molecule has 102 valence electrons. The second kappa shape index (κ2) is 5.17. The van der Waals surface area contributed by atoms with Crippen LogP contribution >= 0.6 is 0 Å². The van der Waals surface area contributed by atoms with Gasteiger partial charge >= 0.3 is 0 Å². The van der Waals surface area contributed by atoms with Crippen LogP contribution in [0.5, 0.6) is 11.6 Å². The van der Waals surface area contributed by atoms with E-state index in [9.17, 15) is 5.26 Å². The normalized spacial score (nSPS) is 10.2. The summed E-state index contributed by atoms with van der Waals surface area (Å²) >= 11 is 0. The lowest BCUT2D eigenvalue weighted by Gasteiger charge is -2.12. The third-order valence-corrected chi connectivity index (χ3v) is 3.30. The van der Waals surface area contributed by atoms with Crippen molar-refractivity contribution in [2.24, 2.45) is 0 Å². The van der Waals surface area contributed by atoms with Gasteiger partial charge in [0.25, 0.3) is 5.88 Å². The summed E-state index contributed by atoms with van der Waals surface area (Å²) < 4.78 is 5.73. The molecule has 0 spiro atoms. The maximum atomic E-state index is 9.25. The number of nitrogen functional groups attached to an aromatic ring is 1. The molecule has 0 saturated carbocycles. The molecule has 5 heteroatoms. The molecule has 0 unspecified atom stereocenters. The summed E-state index contributed by atoms with van der Waals surface area (Å²) in [4.78, 5) is 0. The van der Waals surface area contributed by atoms with Gasteiger partial charge in [0.05, 0.1) is 5.69 Å². The number of rotatable bonds is 2. The van der Waals surface area contributed by atoms with E-state index in [0.717, 1.165) is 16.7 Å². The number of aromatic nitrogens is 2. The summed E-state index contributed by atoms with van der Waals surface area (Å²) in [5.74, 6) is 0.795. The molecule has 0 radical (unpaired) electrons. The van der Waals surface area contributed by atoms with E-state index in [1.54, 1.807) is 6.07 Å². The number of anilines is 1. The lowest BCUT2D eigenvalue weighted by atomic mass is 10.1. The summed E-state index contributed by atoms with van der Waals surface area (Å²) in [6.07, 6.45) is 0. The number of aryl methyl sites for hydroxylation is 3. The van der Waals surface area contributed by atoms with Crippen molar-refractivity contribution < 1.29 is 4.74 Å². The van der Waals surface area contributed by atoms with Crippen molar-refractivity contribution in [1.29, 1.82) is 5.26 Å². The number of nitriles is 1.